The molecule has 0 spiro atoms. The zero-order valence-corrected chi connectivity index (χ0v) is 18.8. The van der Waals surface area contributed by atoms with Gasteiger partial charge in [-0.1, -0.05) is 30.3 Å². The van der Waals surface area contributed by atoms with Crippen LogP contribution in [0.25, 0.3) is 11.0 Å². The number of hydrogen-bond acceptors (Lipinski definition) is 5. The average molecular weight is 436 g/mol. The molecule has 0 atom stereocenters. The molecule has 1 aromatic heterocycles. The minimum Gasteiger partial charge on any atom is -0.451 e. The van der Waals surface area contributed by atoms with Crippen LogP contribution in [0.1, 0.15) is 27.2 Å². The SMILES string of the molecule is COCc1c(C(=O)N2CCN(CC(=O)Nc3cccc(C)c3C)CC2)oc2ccccc12. The number of carbonyl (C=O) groups excluding carboxylic acids is 2. The van der Waals surface area contributed by atoms with E-state index in [1.54, 1.807) is 12.0 Å². The fraction of sp³-hybridized carbons (Fsp3) is 0.360. The van der Waals surface area contributed by atoms with Crippen LogP contribution in [0.5, 0.6) is 0 Å². The lowest BCUT2D eigenvalue weighted by Gasteiger charge is -2.34. The van der Waals surface area contributed by atoms with Crippen molar-refractivity contribution in [3.8, 4) is 0 Å². The summed E-state index contributed by atoms with van der Waals surface area (Å²) in [5.41, 5.74) is 4.54. The van der Waals surface area contributed by atoms with E-state index in [2.05, 4.69) is 10.2 Å². The van der Waals surface area contributed by atoms with Gasteiger partial charge in [0.25, 0.3) is 5.91 Å². The van der Waals surface area contributed by atoms with Crippen molar-refractivity contribution in [3.63, 3.8) is 0 Å². The minimum atomic E-state index is -0.132. The first kappa shape index (κ1) is 22.0. The number of methoxy groups -OCH3 is 1. The van der Waals surface area contributed by atoms with Crippen molar-refractivity contribution in [2.75, 3.05) is 45.2 Å². The molecule has 3 aromatic rings. The predicted molar refractivity (Wildman–Crippen MR) is 124 cm³/mol. The van der Waals surface area contributed by atoms with Gasteiger partial charge in [-0.15, -0.1) is 0 Å². The van der Waals surface area contributed by atoms with Gasteiger partial charge >= 0.3 is 0 Å². The number of rotatable bonds is 6. The van der Waals surface area contributed by atoms with Gasteiger partial charge < -0.3 is 19.4 Å². The zero-order chi connectivity index (χ0) is 22.7. The van der Waals surface area contributed by atoms with Gasteiger partial charge in [0.15, 0.2) is 5.76 Å². The quantitative estimate of drug-likeness (QED) is 0.640. The Hall–Kier alpha value is -3.16. The second-order valence-corrected chi connectivity index (χ2v) is 8.20. The van der Waals surface area contributed by atoms with Crippen molar-refractivity contribution >= 4 is 28.5 Å². The molecule has 2 heterocycles. The number of hydrogen-bond donors (Lipinski definition) is 1. The van der Waals surface area contributed by atoms with Crippen molar-refractivity contribution in [3.05, 3.63) is 64.9 Å². The molecule has 2 amide bonds. The Labute approximate surface area is 187 Å². The lowest BCUT2D eigenvalue weighted by Crippen LogP contribution is -2.50. The van der Waals surface area contributed by atoms with Gasteiger partial charge in [0.2, 0.25) is 5.91 Å². The lowest BCUT2D eigenvalue weighted by atomic mass is 10.1. The fourth-order valence-corrected chi connectivity index (χ4v) is 4.09. The summed E-state index contributed by atoms with van der Waals surface area (Å²) in [6.45, 7) is 6.99. The first-order valence-corrected chi connectivity index (χ1v) is 10.8. The molecule has 0 radical (unpaired) electrons. The number of piperazine rings is 1. The van der Waals surface area contributed by atoms with Crippen molar-refractivity contribution in [2.24, 2.45) is 0 Å². The summed E-state index contributed by atoms with van der Waals surface area (Å²) in [6.07, 6.45) is 0. The number of benzene rings is 2. The van der Waals surface area contributed by atoms with E-state index in [1.165, 1.54) is 0 Å². The summed E-state index contributed by atoms with van der Waals surface area (Å²) < 4.78 is 11.2. The van der Waals surface area contributed by atoms with Gasteiger partial charge in [-0.2, -0.15) is 0 Å². The maximum Gasteiger partial charge on any atom is 0.290 e. The molecule has 168 valence electrons. The average Bonchev–Trinajstić information content (AvgIpc) is 3.16. The van der Waals surface area contributed by atoms with E-state index in [0.717, 1.165) is 27.8 Å². The Kier molecular flexibility index (Phi) is 6.58. The summed E-state index contributed by atoms with van der Waals surface area (Å²) in [5.74, 6) is 0.167. The zero-order valence-electron chi connectivity index (χ0n) is 18.8. The molecule has 0 bridgehead atoms. The summed E-state index contributed by atoms with van der Waals surface area (Å²) >= 11 is 0. The van der Waals surface area contributed by atoms with E-state index < -0.39 is 0 Å². The molecular weight excluding hydrogens is 406 g/mol. The third-order valence-corrected chi connectivity index (χ3v) is 6.09. The van der Waals surface area contributed by atoms with E-state index in [1.807, 2.05) is 56.3 Å². The van der Waals surface area contributed by atoms with Gasteiger partial charge in [0.05, 0.1) is 13.2 Å². The molecule has 1 aliphatic rings. The summed E-state index contributed by atoms with van der Waals surface area (Å²) in [6, 6.07) is 13.5. The molecule has 7 nitrogen and oxygen atoms in total. The number of ether oxygens (including phenoxy) is 1. The van der Waals surface area contributed by atoms with Crippen molar-refractivity contribution in [2.45, 2.75) is 20.5 Å². The number of anilines is 1. The molecule has 4 rings (SSSR count). The fourth-order valence-electron chi connectivity index (χ4n) is 4.09. The molecule has 7 heteroatoms. The first-order chi connectivity index (χ1) is 15.5. The number of amides is 2. The second-order valence-electron chi connectivity index (χ2n) is 8.20. The molecule has 1 fully saturated rings. The largest absolute Gasteiger partial charge is 0.451 e. The number of carbonyl (C=O) groups is 2. The molecule has 0 saturated carbocycles. The number of nitrogens with zero attached hydrogens (tertiary/aromatic N) is 2. The number of aryl methyl sites for hydroxylation is 1. The molecule has 0 aliphatic carbocycles. The Balaban J connectivity index is 1.37. The normalized spacial score (nSPS) is 14.7. The van der Waals surface area contributed by atoms with Crippen molar-refractivity contribution < 1.29 is 18.7 Å². The Morgan fingerprint density at radius 1 is 1.03 bits per heavy atom. The molecule has 1 N–H and O–H groups in total. The van der Waals surface area contributed by atoms with E-state index >= 15 is 0 Å². The standard InChI is InChI=1S/C25H29N3O4/c1-17-7-6-9-21(18(17)2)26-23(29)15-27-11-13-28(14-12-27)25(30)24-20(16-31-3)19-8-4-5-10-22(19)32-24/h4-10H,11-16H2,1-3H3,(H,26,29). The molecule has 1 aliphatic heterocycles. The highest BCUT2D eigenvalue weighted by Gasteiger charge is 2.28. The van der Waals surface area contributed by atoms with Gasteiger partial charge in [-0.3, -0.25) is 14.5 Å². The van der Waals surface area contributed by atoms with Crippen LogP contribution in [0.2, 0.25) is 0 Å². The van der Waals surface area contributed by atoms with Crippen LogP contribution in [0.15, 0.2) is 46.9 Å². The van der Waals surface area contributed by atoms with Gasteiger partial charge in [-0.05, 0) is 37.1 Å². The summed E-state index contributed by atoms with van der Waals surface area (Å²) in [4.78, 5) is 29.6. The Bertz CT molecular complexity index is 1130. The predicted octanol–water partition coefficient (Wildman–Crippen LogP) is 3.59. The molecular formula is C25H29N3O4. The maximum atomic E-state index is 13.2. The van der Waals surface area contributed by atoms with Crippen LogP contribution in [0, 0.1) is 13.8 Å². The van der Waals surface area contributed by atoms with Crippen LogP contribution >= 0.6 is 0 Å². The van der Waals surface area contributed by atoms with E-state index in [0.29, 0.717) is 50.7 Å². The van der Waals surface area contributed by atoms with Crippen LogP contribution in [0.4, 0.5) is 5.69 Å². The number of nitrogens with one attached hydrogen (secondary N) is 1. The van der Waals surface area contributed by atoms with Gasteiger partial charge in [0, 0.05) is 49.9 Å². The summed E-state index contributed by atoms with van der Waals surface area (Å²) in [7, 11) is 1.61. The third-order valence-electron chi connectivity index (χ3n) is 6.09. The highest BCUT2D eigenvalue weighted by Crippen LogP contribution is 2.28. The highest BCUT2D eigenvalue weighted by atomic mass is 16.5. The third kappa shape index (κ3) is 4.54. The van der Waals surface area contributed by atoms with Gasteiger partial charge in [-0.25, -0.2) is 0 Å². The number of furan rings is 1. The van der Waals surface area contributed by atoms with Crippen molar-refractivity contribution in [1.82, 2.24) is 9.80 Å². The summed E-state index contributed by atoms with van der Waals surface area (Å²) in [5, 5.41) is 3.91. The molecule has 32 heavy (non-hydrogen) atoms. The maximum absolute atomic E-state index is 13.2. The molecule has 2 aromatic carbocycles. The van der Waals surface area contributed by atoms with E-state index in [4.69, 9.17) is 9.15 Å². The van der Waals surface area contributed by atoms with Crippen LogP contribution in [0.3, 0.4) is 0 Å². The van der Waals surface area contributed by atoms with E-state index in [9.17, 15) is 9.59 Å². The van der Waals surface area contributed by atoms with Gasteiger partial charge in [0.1, 0.15) is 5.58 Å². The van der Waals surface area contributed by atoms with Crippen LogP contribution < -0.4 is 5.32 Å². The monoisotopic (exact) mass is 435 g/mol. The van der Waals surface area contributed by atoms with E-state index in [-0.39, 0.29) is 11.8 Å². The number of fused-ring (bicyclic) bond motifs is 1. The minimum absolute atomic E-state index is 0.0434. The highest BCUT2D eigenvalue weighted by molar-refractivity contribution is 5.99. The Morgan fingerprint density at radius 2 is 1.78 bits per heavy atom. The lowest BCUT2D eigenvalue weighted by molar-refractivity contribution is -0.117. The topological polar surface area (TPSA) is 75.0 Å². The van der Waals surface area contributed by atoms with Crippen LogP contribution in [-0.2, 0) is 16.1 Å². The molecule has 0 unspecified atom stereocenters. The smallest absolute Gasteiger partial charge is 0.290 e. The van der Waals surface area contributed by atoms with Crippen molar-refractivity contribution in [1.29, 1.82) is 0 Å². The molecule has 1 saturated heterocycles. The Morgan fingerprint density at radius 3 is 2.53 bits per heavy atom. The number of para-hydroxylation sites is 1. The first-order valence-electron chi connectivity index (χ1n) is 10.8. The second kappa shape index (κ2) is 9.54. The van der Waals surface area contributed by atoms with Crippen LogP contribution in [-0.4, -0.2) is 61.4 Å².